The lowest BCUT2D eigenvalue weighted by Crippen LogP contribution is -2.42. The zero-order valence-electron chi connectivity index (χ0n) is 11.7. The van der Waals surface area contributed by atoms with Crippen LogP contribution >= 0.6 is 23.2 Å². The van der Waals surface area contributed by atoms with Crippen molar-refractivity contribution in [1.29, 1.82) is 0 Å². The van der Waals surface area contributed by atoms with Gasteiger partial charge in [-0.1, -0.05) is 23.2 Å². The average molecular weight is 364 g/mol. The first-order chi connectivity index (χ1) is 10.2. The molecular formula is C14H15Cl2NO4S. The molecule has 2 rings (SSSR count). The van der Waals surface area contributed by atoms with Gasteiger partial charge in [0.25, 0.3) is 0 Å². The third kappa shape index (κ3) is 4.47. The number of nitrogens with one attached hydrogen (secondary N) is 1. The Morgan fingerprint density at radius 2 is 2.05 bits per heavy atom. The van der Waals surface area contributed by atoms with Crippen LogP contribution in [0.4, 0.5) is 0 Å². The van der Waals surface area contributed by atoms with Gasteiger partial charge in [-0.05, 0) is 37.3 Å². The van der Waals surface area contributed by atoms with Crippen LogP contribution in [0.25, 0.3) is 0 Å². The third-order valence-electron chi connectivity index (χ3n) is 2.96. The quantitative estimate of drug-likeness (QED) is 0.826. The van der Waals surface area contributed by atoms with Crippen molar-refractivity contribution >= 4 is 33.2 Å². The van der Waals surface area contributed by atoms with Gasteiger partial charge in [-0.25, -0.2) is 13.1 Å². The molecule has 0 saturated heterocycles. The molecule has 1 atom stereocenters. The molecule has 2 N–H and O–H groups in total. The summed E-state index contributed by atoms with van der Waals surface area (Å²) in [6, 6.07) is 7.56. The summed E-state index contributed by atoms with van der Waals surface area (Å²) in [5.74, 6) is 0.560. The third-order valence-corrected chi connectivity index (χ3v) is 5.08. The molecule has 22 heavy (non-hydrogen) atoms. The summed E-state index contributed by atoms with van der Waals surface area (Å²) in [6.45, 7) is 1.32. The molecule has 0 aliphatic carbocycles. The highest BCUT2D eigenvalue weighted by Crippen LogP contribution is 2.25. The Morgan fingerprint density at radius 1 is 1.32 bits per heavy atom. The highest BCUT2D eigenvalue weighted by molar-refractivity contribution is 7.89. The Bertz CT molecular complexity index is 742. The van der Waals surface area contributed by atoms with E-state index in [-0.39, 0.29) is 27.9 Å². The van der Waals surface area contributed by atoms with E-state index < -0.39 is 15.6 Å². The predicted molar refractivity (Wildman–Crippen MR) is 84.7 cm³/mol. The summed E-state index contributed by atoms with van der Waals surface area (Å²) in [5, 5.41) is 10.6. The topological polar surface area (TPSA) is 79.5 Å². The molecule has 0 spiro atoms. The van der Waals surface area contributed by atoms with E-state index in [4.69, 9.17) is 27.6 Å². The van der Waals surface area contributed by atoms with Crippen molar-refractivity contribution < 1.29 is 17.9 Å². The van der Waals surface area contributed by atoms with Gasteiger partial charge < -0.3 is 9.52 Å². The number of hydrogen-bond donors (Lipinski definition) is 2. The van der Waals surface area contributed by atoms with Crippen LogP contribution < -0.4 is 4.72 Å². The number of hydrogen-bond acceptors (Lipinski definition) is 4. The molecule has 1 aromatic heterocycles. The molecule has 0 fully saturated rings. The fourth-order valence-electron chi connectivity index (χ4n) is 1.86. The molecule has 0 bridgehead atoms. The standard InChI is InChI=1S/C14H15Cl2NO4S/c1-14(18,8-11-3-2-6-21-11)9-17-22(19,20)13-7-10(15)4-5-12(13)16/h2-7,17-18H,8-9H2,1H3. The summed E-state index contributed by atoms with van der Waals surface area (Å²) in [4.78, 5) is -0.129. The summed E-state index contributed by atoms with van der Waals surface area (Å²) >= 11 is 11.7. The van der Waals surface area contributed by atoms with E-state index in [0.717, 1.165) is 0 Å². The van der Waals surface area contributed by atoms with Crippen molar-refractivity contribution in [3.05, 3.63) is 52.4 Å². The summed E-state index contributed by atoms with van der Waals surface area (Å²) in [5.41, 5.74) is -1.31. The van der Waals surface area contributed by atoms with E-state index in [1.165, 1.54) is 31.4 Å². The summed E-state index contributed by atoms with van der Waals surface area (Å²) in [7, 11) is -3.88. The van der Waals surface area contributed by atoms with Crippen molar-refractivity contribution in [2.24, 2.45) is 0 Å². The number of rotatable bonds is 6. The molecule has 2 aromatic rings. The molecule has 0 radical (unpaired) electrons. The lowest BCUT2D eigenvalue weighted by atomic mass is 10.0. The highest BCUT2D eigenvalue weighted by Gasteiger charge is 2.27. The highest BCUT2D eigenvalue weighted by atomic mass is 35.5. The molecule has 0 aliphatic heterocycles. The van der Waals surface area contributed by atoms with Crippen LogP contribution in [0.2, 0.25) is 10.0 Å². The second-order valence-corrected chi connectivity index (χ2v) is 7.73. The van der Waals surface area contributed by atoms with Gasteiger partial charge in [-0.3, -0.25) is 0 Å². The molecule has 120 valence electrons. The van der Waals surface area contributed by atoms with E-state index in [9.17, 15) is 13.5 Å². The van der Waals surface area contributed by atoms with Crippen LogP contribution in [0.3, 0.4) is 0 Å². The summed E-state index contributed by atoms with van der Waals surface area (Å²) < 4.78 is 32.0. The molecule has 1 unspecified atom stereocenters. The van der Waals surface area contributed by atoms with Crippen LogP contribution in [-0.4, -0.2) is 25.7 Å². The van der Waals surface area contributed by atoms with Gasteiger partial charge in [0.05, 0.1) is 16.9 Å². The number of benzene rings is 1. The average Bonchev–Trinajstić information content (AvgIpc) is 2.91. The van der Waals surface area contributed by atoms with Crippen LogP contribution in [0.15, 0.2) is 45.9 Å². The molecule has 0 saturated carbocycles. The maximum Gasteiger partial charge on any atom is 0.242 e. The first kappa shape index (κ1) is 17.3. The van der Waals surface area contributed by atoms with Crippen molar-refractivity contribution in [2.75, 3.05) is 6.54 Å². The number of sulfonamides is 1. The Kier molecular flexibility index (Phi) is 5.19. The second kappa shape index (κ2) is 6.60. The van der Waals surface area contributed by atoms with E-state index in [2.05, 4.69) is 4.72 Å². The fourth-order valence-corrected chi connectivity index (χ4v) is 3.78. The van der Waals surface area contributed by atoms with Gasteiger partial charge in [-0.15, -0.1) is 0 Å². The first-order valence-corrected chi connectivity index (χ1v) is 8.63. The molecule has 0 amide bonds. The maximum absolute atomic E-state index is 12.3. The van der Waals surface area contributed by atoms with E-state index >= 15 is 0 Å². The Morgan fingerprint density at radius 3 is 2.68 bits per heavy atom. The van der Waals surface area contributed by atoms with Gasteiger partial charge >= 0.3 is 0 Å². The minimum atomic E-state index is -3.88. The zero-order valence-corrected chi connectivity index (χ0v) is 14.0. The molecule has 1 aromatic carbocycles. The Labute approximate surface area is 138 Å². The normalized spacial score (nSPS) is 14.7. The van der Waals surface area contributed by atoms with Gasteiger partial charge in [0.2, 0.25) is 10.0 Å². The van der Waals surface area contributed by atoms with Crippen LogP contribution in [0, 0.1) is 0 Å². The van der Waals surface area contributed by atoms with E-state index in [1.807, 2.05) is 0 Å². The second-order valence-electron chi connectivity index (χ2n) is 5.15. The van der Waals surface area contributed by atoms with Crippen molar-refractivity contribution in [2.45, 2.75) is 23.8 Å². The van der Waals surface area contributed by atoms with Gasteiger partial charge in [-0.2, -0.15) is 0 Å². The zero-order chi connectivity index (χ0) is 16.4. The van der Waals surface area contributed by atoms with Crippen molar-refractivity contribution in [3.8, 4) is 0 Å². The molecule has 5 nitrogen and oxygen atoms in total. The van der Waals surface area contributed by atoms with Crippen LogP contribution in [0.5, 0.6) is 0 Å². The van der Waals surface area contributed by atoms with Crippen LogP contribution in [0.1, 0.15) is 12.7 Å². The number of furan rings is 1. The van der Waals surface area contributed by atoms with E-state index in [0.29, 0.717) is 5.76 Å². The predicted octanol–water partition coefficient (Wildman–Crippen LogP) is 2.86. The van der Waals surface area contributed by atoms with Gasteiger partial charge in [0, 0.05) is 18.0 Å². The monoisotopic (exact) mass is 363 g/mol. The Hall–Kier alpha value is -1.05. The van der Waals surface area contributed by atoms with Crippen molar-refractivity contribution in [3.63, 3.8) is 0 Å². The van der Waals surface area contributed by atoms with E-state index in [1.54, 1.807) is 12.1 Å². The molecule has 8 heteroatoms. The molecular weight excluding hydrogens is 349 g/mol. The van der Waals surface area contributed by atoms with Gasteiger partial charge in [0.1, 0.15) is 10.7 Å². The minimum absolute atomic E-state index is 0.0579. The van der Waals surface area contributed by atoms with Gasteiger partial charge in [0.15, 0.2) is 0 Å². The fraction of sp³-hybridized carbons (Fsp3) is 0.286. The maximum atomic E-state index is 12.3. The minimum Gasteiger partial charge on any atom is -0.469 e. The largest absolute Gasteiger partial charge is 0.469 e. The summed E-state index contributed by atoms with van der Waals surface area (Å²) in [6.07, 6.45) is 1.66. The smallest absolute Gasteiger partial charge is 0.242 e. The van der Waals surface area contributed by atoms with Crippen molar-refractivity contribution in [1.82, 2.24) is 4.72 Å². The number of aliphatic hydroxyl groups is 1. The lowest BCUT2D eigenvalue weighted by molar-refractivity contribution is 0.0603. The van der Waals surface area contributed by atoms with Crippen LogP contribution in [-0.2, 0) is 16.4 Å². The Balaban J connectivity index is 2.10. The molecule has 0 aliphatic rings. The first-order valence-electron chi connectivity index (χ1n) is 6.39. The number of halogens is 2. The lowest BCUT2D eigenvalue weighted by Gasteiger charge is -2.22. The SMILES string of the molecule is CC(O)(CNS(=O)(=O)c1cc(Cl)ccc1Cl)Cc1ccco1. The molecule has 1 heterocycles.